The number of carboxylic acid groups (broad SMARTS) is 1. The zero-order chi connectivity index (χ0) is 27.3. The number of hydrogen-bond donors (Lipinski definition) is 5. The van der Waals surface area contributed by atoms with E-state index in [0.717, 1.165) is 4.90 Å². The van der Waals surface area contributed by atoms with Crippen molar-refractivity contribution >= 4 is 33.8 Å². The molecule has 1 amide bonds. The molecule has 6 atom stereocenters. The van der Waals surface area contributed by atoms with E-state index in [-0.39, 0.29) is 16.7 Å². The summed E-state index contributed by atoms with van der Waals surface area (Å²) in [5.74, 6) is -4.23. The number of hydrogen-bond acceptors (Lipinski definition) is 7. The quantitative estimate of drug-likeness (QED) is 0.303. The van der Waals surface area contributed by atoms with E-state index in [1.165, 1.54) is 18.6 Å². The monoisotopic (exact) mass is 428 g/mol. The van der Waals surface area contributed by atoms with E-state index in [2.05, 4.69) is 0 Å². The standard InChI is InChI=1S/C15H24N4O6S2/c1-6-11-10(7(2)20)14(21)19(11)12(15(22)23)13(6)26-9-3-8(17-5-9)4-18-27(16,24)25/h6-11,17-18,20H,3-5H2,1-2H3,(H,22,23)(H2,16,24,25)/t6-,7-,8+,9+,10-,11-/m1/s1/i3D2,4D2,5D2,8D,9D. The Bertz CT molecular complexity index is 1120. The fraction of sp³-hybridized carbons (Fsp3) is 0.733. The van der Waals surface area contributed by atoms with Crippen molar-refractivity contribution in [2.45, 2.75) is 43.6 Å². The van der Waals surface area contributed by atoms with E-state index >= 15 is 0 Å². The molecule has 2 fully saturated rings. The molecule has 0 aromatic carbocycles. The molecule has 10 nitrogen and oxygen atoms in total. The van der Waals surface area contributed by atoms with Crippen LogP contribution >= 0.6 is 11.8 Å². The lowest BCUT2D eigenvalue weighted by atomic mass is 9.79. The highest BCUT2D eigenvalue weighted by atomic mass is 32.2. The van der Waals surface area contributed by atoms with Gasteiger partial charge in [0, 0.05) is 46.0 Å². The van der Waals surface area contributed by atoms with Gasteiger partial charge < -0.3 is 20.4 Å². The van der Waals surface area contributed by atoms with Crippen LogP contribution in [0.2, 0.25) is 0 Å². The summed E-state index contributed by atoms with van der Waals surface area (Å²) in [5.41, 5.74) is -0.638. The summed E-state index contributed by atoms with van der Waals surface area (Å²) in [5, 5.41) is 23.0. The van der Waals surface area contributed by atoms with E-state index in [9.17, 15) is 28.2 Å². The van der Waals surface area contributed by atoms with E-state index in [1.54, 1.807) is 5.32 Å². The topological polar surface area (TPSA) is 162 Å². The van der Waals surface area contributed by atoms with Crippen LogP contribution in [-0.2, 0) is 19.8 Å². The van der Waals surface area contributed by atoms with Crippen LogP contribution in [0.3, 0.4) is 0 Å². The van der Waals surface area contributed by atoms with Crippen molar-refractivity contribution in [1.82, 2.24) is 14.9 Å². The fourth-order valence-corrected chi connectivity index (χ4v) is 4.62. The van der Waals surface area contributed by atoms with Gasteiger partial charge in [-0.2, -0.15) is 8.42 Å². The molecule has 0 aromatic rings. The molecule has 3 heterocycles. The SMILES string of the molecule is [2H]C([2H])(NS(N)(=O)=O)[C@@]1([2H])NC([2H])([2H])[C@@]([2H])(SC2=C(C(=O)O)N3C(=O)[C@H]([C@@H](C)O)[C@H]3[C@H]2C)C1([2H])[2H]. The van der Waals surface area contributed by atoms with Gasteiger partial charge in [-0.15, -0.1) is 11.8 Å². The average molecular weight is 429 g/mol. The summed E-state index contributed by atoms with van der Waals surface area (Å²) in [6, 6.07) is -4.32. The van der Waals surface area contributed by atoms with Crippen LogP contribution in [0.4, 0.5) is 0 Å². The molecule has 27 heavy (non-hydrogen) atoms. The largest absolute Gasteiger partial charge is 0.477 e. The van der Waals surface area contributed by atoms with Gasteiger partial charge in [0.15, 0.2) is 0 Å². The maximum absolute atomic E-state index is 12.5. The maximum Gasteiger partial charge on any atom is 0.353 e. The van der Waals surface area contributed by atoms with Gasteiger partial charge >= 0.3 is 5.97 Å². The highest BCUT2D eigenvalue weighted by Crippen LogP contribution is 2.51. The number of aliphatic carboxylic acids is 1. The maximum atomic E-state index is 12.5. The molecular formula is C15H24N4O6S2. The number of thioether (sulfide) groups is 1. The van der Waals surface area contributed by atoms with E-state index in [4.69, 9.17) is 16.1 Å². The molecule has 0 aliphatic carbocycles. The van der Waals surface area contributed by atoms with E-state index in [0.29, 0.717) is 0 Å². The molecule has 0 unspecified atom stereocenters. The number of fused-ring (bicyclic) bond motifs is 1. The third-order valence-corrected chi connectivity index (χ3v) is 5.96. The molecule has 152 valence electrons. The Hall–Kier alpha value is -1.18. The van der Waals surface area contributed by atoms with Crippen LogP contribution in [-0.4, -0.2) is 71.8 Å². The summed E-state index contributed by atoms with van der Waals surface area (Å²) in [7, 11) is -4.86. The molecule has 12 heteroatoms. The molecule has 2 saturated heterocycles. The first-order chi connectivity index (χ1) is 15.5. The Balaban J connectivity index is 2.13. The molecule has 0 bridgehead atoms. The summed E-state index contributed by atoms with van der Waals surface area (Å²) >= 11 is 0.0575. The summed E-state index contributed by atoms with van der Waals surface area (Å²) in [6.45, 7) is -4.04. The minimum atomic E-state index is -4.86. The molecule has 0 radical (unpaired) electrons. The zero-order valence-electron chi connectivity index (χ0n) is 22.2. The number of aliphatic hydroxyl groups excluding tert-OH is 1. The number of nitrogens with two attached hydrogens (primary N) is 1. The number of carbonyl (C=O) groups is 2. The lowest BCUT2D eigenvalue weighted by Gasteiger charge is -2.46. The molecule has 0 spiro atoms. The molecule has 6 N–H and O–H groups in total. The minimum Gasteiger partial charge on any atom is -0.477 e. The van der Waals surface area contributed by atoms with Crippen LogP contribution in [0.25, 0.3) is 0 Å². The third-order valence-electron chi connectivity index (χ3n) is 4.38. The Kier molecular flexibility index (Phi) is 3.37. The highest BCUT2D eigenvalue weighted by molar-refractivity contribution is 8.03. The first-order valence-electron chi connectivity index (χ1n) is 11.8. The van der Waals surface area contributed by atoms with Gasteiger partial charge in [0.2, 0.25) is 5.91 Å². The Morgan fingerprint density at radius 3 is 2.89 bits per heavy atom. The summed E-state index contributed by atoms with van der Waals surface area (Å²) in [6.07, 6.45) is -4.70. The number of amides is 1. The zero-order valence-corrected chi connectivity index (χ0v) is 15.8. The van der Waals surface area contributed by atoms with E-state index < -0.39 is 82.4 Å². The van der Waals surface area contributed by atoms with Crippen molar-refractivity contribution in [3.63, 3.8) is 0 Å². The normalized spacial score (nSPS) is 48.7. The minimum absolute atomic E-state index is 0.0575. The molecular weight excluding hydrogens is 396 g/mol. The van der Waals surface area contributed by atoms with Gasteiger partial charge in [-0.25, -0.2) is 14.7 Å². The Labute approximate surface area is 173 Å². The number of nitrogens with one attached hydrogen (secondary N) is 2. The summed E-state index contributed by atoms with van der Waals surface area (Å²) in [4.78, 5) is 25.1. The smallest absolute Gasteiger partial charge is 0.353 e. The molecule has 0 aromatic heterocycles. The average Bonchev–Trinajstić information content (AvgIpc) is 2.92. The van der Waals surface area contributed by atoms with Crippen molar-refractivity contribution in [2.75, 3.05) is 13.0 Å². The lowest BCUT2D eigenvalue weighted by Crippen LogP contribution is -2.63. The second kappa shape index (κ2) is 7.33. The third kappa shape index (κ3) is 3.87. The number of carboxylic acids is 1. The number of carbonyl (C=O) groups excluding carboxylic acids is 1. The van der Waals surface area contributed by atoms with Crippen LogP contribution in [0.1, 0.15) is 31.2 Å². The van der Waals surface area contributed by atoms with Gasteiger partial charge in [-0.1, -0.05) is 6.92 Å². The highest BCUT2D eigenvalue weighted by Gasteiger charge is 2.60. The number of β-lactam (4-membered cyclic amide) rings is 1. The van der Waals surface area contributed by atoms with Gasteiger partial charge in [-0.3, -0.25) is 4.79 Å². The first kappa shape index (κ1) is 12.4. The van der Waals surface area contributed by atoms with Crippen LogP contribution < -0.4 is 15.2 Å². The van der Waals surface area contributed by atoms with Crippen molar-refractivity contribution in [3.05, 3.63) is 10.6 Å². The van der Waals surface area contributed by atoms with Gasteiger partial charge in [0.25, 0.3) is 10.2 Å². The van der Waals surface area contributed by atoms with Crippen molar-refractivity contribution in [3.8, 4) is 0 Å². The first-order valence-corrected chi connectivity index (χ1v) is 10.1. The molecule has 3 rings (SSSR count). The van der Waals surface area contributed by atoms with Gasteiger partial charge in [0.05, 0.1) is 18.1 Å². The predicted octanol–water partition coefficient (Wildman–Crippen LogP) is -1.60. The van der Waals surface area contributed by atoms with Gasteiger partial charge in [0.1, 0.15) is 5.70 Å². The predicted molar refractivity (Wildman–Crippen MR) is 98.5 cm³/mol. The Morgan fingerprint density at radius 2 is 2.33 bits per heavy atom. The van der Waals surface area contributed by atoms with Gasteiger partial charge in [-0.05, 0) is 13.3 Å². The number of aliphatic hydroxyl groups is 1. The van der Waals surface area contributed by atoms with Crippen molar-refractivity contribution < 1.29 is 39.2 Å². The number of rotatable bonds is 7. The second-order valence-corrected chi connectivity index (χ2v) is 8.57. The second-order valence-electron chi connectivity index (χ2n) is 6.23. The van der Waals surface area contributed by atoms with Crippen LogP contribution in [0.15, 0.2) is 10.6 Å². The fourth-order valence-electron chi connectivity index (χ4n) is 3.30. The Morgan fingerprint density at radius 1 is 1.67 bits per heavy atom. The lowest BCUT2D eigenvalue weighted by molar-refractivity contribution is -0.163. The summed E-state index contributed by atoms with van der Waals surface area (Å²) < 4.78 is 90.5. The molecule has 0 saturated carbocycles. The molecule has 3 aliphatic rings. The van der Waals surface area contributed by atoms with Crippen LogP contribution in [0, 0.1) is 11.8 Å². The molecule has 3 aliphatic heterocycles. The van der Waals surface area contributed by atoms with Crippen molar-refractivity contribution in [1.29, 1.82) is 0 Å². The number of nitrogens with zero attached hydrogens (tertiary/aromatic N) is 1. The van der Waals surface area contributed by atoms with Crippen LogP contribution in [0.5, 0.6) is 0 Å². The van der Waals surface area contributed by atoms with E-state index in [1.807, 2.05) is 0 Å². The van der Waals surface area contributed by atoms with Crippen molar-refractivity contribution in [2.24, 2.45) is 17.0 Å².